The Labute approximate surface area is 300 Å². The molecule has 1 unspecified atom stereocenters. The van der Waals surface area contributed by atoms with E-state index in [1.807, 2.05) is 0 Å². The topological polar surface area (TPSA) is 138 Å². The molecule has 0 aromatic carbocycles. The van der Waals surface area contributed by atoms with Crippen LogP contribution in [0.3, 0.4) is 0 Å². The number of carbonyl (C=O) groups is 2. The van der Waals surface area contributed by atoms with E-state index in [0.29, 0.717) is 0 Å². The van der Waals surface area contributed by atoms with Crippen molar-refractivity contribution in [2.45, 2.75) is 154 Å². The van der Waals surface area contributed by atoms with E-state index in [2.05, 4.69) is 13.8 Å². The van der Waals surface area contributed by atoms with E-state index in [9.17, 15) is 18.0 Å². The molecule has 3 N–H and O–H groups in total. The van der Waals surface area contributed by atoms with Crippen LogP contribution in [-0.4, -0.2) is 130 Å². The van der Waals surface area contributed by atoms with Crippen LogP contribution in [0.1, 0.15) is 149 Å². The Morgan fingerprint density at radius 2 is 0.875 bits per heavy atom. The van der Waals surface area contributed by atoms with Gasteiger partial charge in [-0.15, -0.1) is 0 Å². The number of hydrogen-bond donors (Lipinski definition) is 3. The second-order valence-corrected chi connectivity index (χ2v) is 11.5. The third-order valence-electron chi connectivity index (χ3n) is 6.28. The van der Waals surface area contributed by atoms with Gasteiger partial charge < -0.3 is 14.9 Å². The molecule has 232 valence electrons. The number of aliphatic carboxylic acids is 2. The molecule has 0 saturated heterocycles. The third kappa shape index (κ3) is 41.5. The van der Waals surface area contributed by atoms with Crippen LogP contribution in [0, 0.1) is 0 Å². The predicted molar refractivity (Wildman–Crippen MR) is 174 cm³/mol. The zero-order valence-electron chi connectivity index (χ0n) is 23.6. The normalized spacial score (nSPS) is 11.2. The third-order valence-corrected chi connectivity index (χ3v) is 7.37. The first kappa shape index (κ1) is 50.9. The van der Waals surface area contributed by atoms with Gasteiger partial charge >= 0.3 is 71.1 Å². The van der Waals surface area contributed by atoms with Crippen LogP contribution < -0.4 is 0 Å². The van der Waals surface area contributed by atoms with Gasteiger partial charge in [0.25, 0.3) is 10.1 Å². The van der Waals surface area contributed by atoms with Crippen molar-refractivity contribution in [2.75, 3.05) is 13.2 Å². The molecule has 0 aromatic heterocycles. The summed E-state index contributed by atoms with van der Waals surface area (Å²) in [5.41, 5.74) is 0. The maximum atomic E-state index is 10.2. The average Bonchev–Trinajstić information content (AvgIpc) is 2.83. The average molecular weight is 631 g/mol. The van der Waals surface area contributed by atoms with Crippen molar-refractivity contribution >= 4 is 98.5 Å². The Kier molecular flexibility index (Phi) is 48.9. The molecule has 1 atom stereocenters. The first-order chi connectivity index (χ1) is 17.7. The molecule has 40 heavy (non-hydrogen) atoms. The molecule has 0 aliphatic rings. The molecule has 0 fully saturated rings. The summed E-state index contributed by atoms with van der Waals surface area (Å²) in [6.07, 6.45) is 27.0. The minimum absolute atomic E-state index is 0. The first-order valence-electron chi connectivity index (χ1n) is 14.6. The summed E-state index contributed by atoms with van der Waals surface area (Å²) in [7, 11) is -4.84. The molecule has 8 nitrogen and oxygen atoms in total. The fourth-order valence-corrected chi connectivity index (χ4v) is 4.57. The number of carboxylic acids is 2. The minimum atomic E-state index is -4.84. The van der Waals surface area contributed by atoms with Crippen LogP contribution >= 0.6 is 0 Å². The maximum absolute atomic E-state index is 10.2. The van der Waals surface area contributed by atoms with Crippen LogP contribution in [-0.2, 0) is 24.4 Å². The van der Waals surface area contributed by atoms with E-state index in [1.54, 1.807) is 0 Å². The van der Waals surface area contributed by atoms with Crippen molar-refractivity contribution in [1.82, 2.24) is 0 Å². The number of hydrogen-bond acceptors (Lipinski definition) is 5. The molecule has 0 aromatic rings. The van der Waals surface area contributed by atoms with Crippen LogP contribution in [0.4, 0.5) is 0 Å². The van der Waals surface area contributed by atoms with Gasteiger partial charge in [-0.3, -0.25) is 14.1 Å². The van der Waals surface area contributed by atoms with Gasteiger partial charge in [-0.1, -0.05) is 129 Å². The fourth-order valence-electron chi connectivity index (χ4n) is 3.96. The standard InChI is InChI=1S/C24H50O.C4H6O7S.Al.2Na.5H/c1-3-5-7-9-11-13-15-17-19-21-23-25-24-22-20-18-16-14-12-10-8-6-4-2;5-3(6)1-2(4(7)8)12(9,10)11;;;;;;;;/h3-24H2,1-2H3;2H,1H2,(H,5,6)(H,7,8)(H,9,10,11);;;;;;;;. The number of carboxylic acid groups (broad SMARTS) is 2. The quantitative estimate of drug-likeness (QED) is 0.0677. The number of ether oxygens (including phenoxy) is 1. The summed E-state index contributed by atoms with van der Waals surface area (Å²) in [5, 5.41) is 13.9. The number of unbranched alkanes of at least 4 members (excludes halogenated alkanes) is 18. The zero-order valence-corrected chi connectivity index (χ0v) is 24.4. The van der Waals surface area contributed by atoms with E-state index in [4.69, 9.17) is 19.5 Å². The summed E-state index contributed by atoms with van der Waals surface area (Å²) in [5.74, 6) is -3.50. The van der Waals surface area contributed by atoms with E-state index in [-0.39, 0.29) is 76.5 Å². The molecule has 12 heteroatoms. The molecule has 0 aliphatic heterocycles. The second kappa shape index (κ2) is 38.4. The molecule has 0 radical (unpaired) electrons. The molecular weight excluding hydrogens is 569 g/mol. The summed E-state index contributed by atoms with van der Waals surface area (Å²) in [6.45, 7) is 6.57. The van der Waals surface area contributed by atoms with Gasteiger partial charge in [-0.05, 0) is 12.8 Å². The molecule has 0 amide bonds. The van der Waals surface area contributed by atoms with Gasteiger partial charge in [0.1, 0.15) is 0 Å². The Hall–Kier alpha value is 1.34. The van der Waals surface area contributed by atoms with Crippen molar-refractivity contribution in [1.29, 1.82) is 0 Å². The fraction of sp³-hybridized carbons (Fsp3) is 0.929. The Bertz CT molecular complexity index is 618. The van der Waals surface area contributed by atoms with Crippen LogP contribution in [0.2, 0.25) is 0 Å². The number of rotatable bonds is 26. The van der Waals surface area contributed by atoms with E-state index >= 15 is 0 Å². The van der Waals surface area contributed by atoms with Crippen molar-refractivity contribution in [3.63, 3.8) is 0 Å². The van der Waals surface area contributed by atoms with Gasteiger partial charge in [0.2, 0.25) is 0 Å². The Morgan fingerprint density at radius 1 is 0.600 bits per heavy atom. The second-order valence-electron chi connectivity index (χ2n) is 9.92. The van der Waals surface area contributed by atoms with E-state index < -0.39 is 33.7 Å². The van der Waals surface area contributed by atoms with Crippen molar-refractivity contribution in [3.05, 3.63) is 0 Å². The zero-order chi connectivity index (χ0) is 28.2. The Morgan fingerprint density at radius 3 is 1.07 bits per heavy atom. The molecule has 0 aliphatic carbocycles. The first-order valence-corrected chi connectivity index (χ1v) is 16.2. The predicted octanol–water partition coefficient (Wildman–Crippen LogP) is 5.17. The molecule has 0 bridgehead atoms. The summed E-state index contributed by atoms with van der Waals surface area (Å²) < 4.78 is 34.4. The SMILES string of the molecule is CCCCCCCCCCCCOCCCCCCCCCCCC.O=C(O)CC(C(=O)O)S(=O)(=O)O.[AlH3].[NaH].[NaH]. The van der Waals surface area contributed by atoms with Crippen molar-refractivity contribution in [3.8, 4) is 0 Å². The molecule has 0 rings (SSSR count). The van der Waals surface area contributed by atoms with Gasteiger partial charge in [-0.2, -0.15) is 8.42 Å². The Balaban J connectivity index is -0.000000232. The van der Waals surface area contributed by atoms with Gasteiger partial charge in [0.05, 0.1) is 6.42 Å². The van der Waals surface area contributed by atoms with Gasteiger partial charge in [-0.25, -0.2) is 0 Å². The summed E-state index contributed by atoms with van der Waals surface area (Å²) in [4.78, 5) is 20.0. The molecule has 0 spiro atoms. The monoisotopic (exact) mass is 630 g/mol. The van der Waals surface area contributed by atoms with E-state index in [1.165, 1.54) is 128 Å². The van der Waals surface area contributed by atoms with E-state index in [0.717, 1.165) is 13.2 Å². The van der Waals surface area contributed by atoms with Crippen LogP contribution in [0.25, 0.3) is 0 Å². The van der Waals surface area contributed by atoms with Crippen LogP contribution in [0.5, 0.6) is 0 Å². The molecule has 0 saturated carbocycles. The molecule has 0 heterocycles. The van der Waals surface area contributed by atoms with Gasteiger partial charge in [0, 0.05) is 13.2 Å². The van der Waals surface area contributed by atoms with Crippen molar-refractivity contribution < 1.29 is 37.5 Å². The van der Waals surface area contributed by atoms with Crippen molar-refractivity contribution in [2.24, 2.45) is 0 Å². The van der Waals surface area contributed by atoms with Gasteiger partial charge in [0.15, 0.2) is 22.6 Å². The summed E-state index contributed by atoms with van der Waals surface area (Å²) >= 11 is 0. The molecular formula is C28H61AlNa2O8S. The van der Waals surface area contributed by atoms with Crippen LogP contribution in [0.15, 0.2) is 0 Å². The summed E-state index contributed by atoms with van der Waals surface area (Å²) in [6, 6.07) is 0.